The molecule has 0 radical (unpaired) electrons. The Balaban J connectivity index is 2.30. The summed E-state index contributed by atoms with van der Waals surface area (Å²) < 4.78 is 14.6. The van der Waals surface area contributed by atoms with Gasteiger partial charge in [0, 0.05) is 12.1 Å². The van der Waals surface area contributed by atoms with Gasteiger partial charge in [0.25, 0.3) is 5.56 Å². The molecule has 2 aromatic rings. The first-order chi connectivity index (χ1) is 9.40. The summed E-state index contributed by atoms with van der Waals surface area (Å²) >= 11 is 9.25. The van der Waals surface area contributed by atoms with E-state index < -0.39 is 0 Å². The van der Waals surface area contributed by atoms with Gasteiger partial charge in [-0.25, -0.2) is 9.07 Å². The van der Waals surface area contributed by atoms with Gasteiger partial charge in [-0.1, -0.05) is 17.7 Å². The average molecular weight is 361 g/mol. The van der Waals surface area contributed by atoms with Crippen molar-refractivity contribution >= 4 is 33.2 Å². The highest BCUT2D eigenvalue weighted by Gasteiger charge is 2.13. The Morgan fingerprint density at radius 1 is 1.50 bits per heavy atom. The van der Waals surface area contributed by atoms with Crippen molar-refractivity contribution in [3.63, 3.8) is 0 Å². The molecule has 0 aliphatic rings. The zero-order valence-corrected chi connectivity index (χ0v) is 13.2. The third-order valence-corrected chi connectivity index (χ3v) is 3.97. The molecule has 4 nitrogen and oxygen atoms in total. The Bertz CT molecular complexity index is 705. The Hall–Kier alpha value is -1.40. The molecular formula is C13H12BrClFN3O. The Morgan fingerprint density at radius 3 is 2.85 bits per heavy atom. The predicted molar refractivity (Wildman–Crippen MR) is 80.6 cm³/mol. The zero-order chi connectivity index (χ0) is 14.9. The Kier molecular flexibility index (Phi) is 4.45. The third-order valence-electron chi connectivity index (χ3n) is 2.88. The molecule has 1 heterocycles. The van der Waals surface area contributed by atoms with Gasteiger partial charge in [0.2, 0.25) is 0 Å². The minimum atomic E-state index is -0.387. The summed E-state index contributed by atoms with van der Waals surface area (Å²) in [6.07, 6.45) is 1.54. The Morgan fingerprint density at radius 2 is 2.20 bits per heavy atom. The molecule has 20 heavy (non-hydrogen) atoms. The van der Waals surface area contributed by atoms with Crippen LogP contribution in [0.2, 0.25) is 5.02 Å². The molecule has 0 fully saturated rings. The molecule has 0 saturated carbocycles. The number of aromatic nitrogens is 2. The number of anilines is 1. The fraction of sp³-hybridized carbons (Fsp3) is 0.231. The lowest BCUT2D eigenvalue weighted by molar-refractivity contribution is 0.626. The van der Waals surface area contributed by atoms with Gasteiger partial charge in [0.15, 0.2) is 0 Å². The number of hydrogen-bond donors (Lipinski definition) is 1. The van der Waals surface area contributed by atoms with Crippen molar-refractivity contribution in [1.29, 1.82) is 0 Å². The number of aryl methyl sites for hydroxylation is 1. The maximum absolute atomic E-state index is 13.0. The number of hydrogen-bond acceptors (Lipinski definition) is 3. The van der Waals surface area contributed by atoms with E-state index in [1.165, 1.54) is 16.8 Å². The van der Waals surface area contributed by atoms with Crippen LogP contribution in [0.1, 0.15) is 18.5 Å². The van der Waals surface area contributed by atoms with Gasteiger partial charge in [-0.05, 0) is 40.5 Å². The monoisotopic (exact) mass is 359 g/mol. The highest BCUT2D eigenvalue weighted by molar-refractivity contribution is 9.10. The summed E-state index contributed by atoms with van der Waals surface area (Å²) in [5.41, 5.74) is 1.05. The van der Waals surface area contributed by atoms with Crippen LogP contribution in [-0.2, 0) is 7.05 Å². The van der Waals surface area contributed by atoms with Crippen molar-refractivity contribution in [2.45, 2.75) is 13.0 Å². The molecule has 0 aliphatic carbocycles. The van der Waals surface area contributed by atoms with Crippen molar-refractivity contribution in [2.75, 3.05) is 5.32 Å². The molecule has 0 amide bonds. The smallest absolute Gasteiger partial charge is 0.282 e. The summed E-state index contributed by atoms with van der Waals surface area (Å²) in [7, 11) is 1.57. The van der Waals surface area contributed by atoms with Crippen LogP contribution in [-0.4, -0.2) is 9.78 Å². The van der Waals surface area contributed by atoms with Crippen molar-refractivity contribution in [3.05, 3.63) is 55.6 Å². The highest BCUT2D eigenvalue weighted by atomic mass is 79.9. The SMILES string of the molecule is CC(Nc1cnn(C)c(=O)c1Br)c1ccc(F)cc1Cl. The van der Waals surface area contributed by atoms with Crippen LogP contribution < -0.4 is 10.9 Å². The van der Waals surface area contributed by atoms with Gasteiger partial charge in [0.1, 0.15) is 10.3 Å². The van der Waals surface area contributed by atoms with Crippen molar-refractivity contribution in [1.82, 2.24) is 9.78 Å². The Labute approximate surface area is 128 Å². The molecule has 0 saturated heterocycles. The van der Waals surface area contributed by atoms with E-state index in [2.05, 4.69) is 26.3 Å². The largest absolute Gasteiger partial charge is 0.376 e. The van der Waals surface area contributed by atoms with Crippen LogP contribution >= 0.6 is 27.5 Å². The molecular weight excluding hydrogens is 349 g/mol. The van der Waals surface area contributed by atoms with Gasteiger partial charge in [0.05, 0.1) is 17.9 Å². The lowest BCUT2D eigenvalue weighted by Crippen LogP contribution is -2.22. The van der Waals surface area contributed by atoms with E-state index in [4.69, 9.17) is 11.6 Å². The zero-order valence-electron chi connectivity index (χ0n) is 10.8. The molecule has 0 aliphatic heterocycles. The van der Waals surface area contributed by atoms with E-state index >= 15 is 0 Å². The second-order valence-corrected chi connectivity index (χ2v) is 5.53. The van der Waals surface area contributed by atoms with E-state index in [1.807, 2.05) is 6.92 Å². The second-order valence-electron chi connectivity index (χ2n) is 4.33. The van der Waals surface area contributed by atoms with E-state index in [9.17, 15) is 9.18 Å². The molecule has 1 unspecified atom stereocenters. The van der Waals surface area contributed by atoms with Gasteiger partial charge in [-0.2, -0.15) is 5.10 Å². The first kappa shape index (κ1) is 15.0. The van der Waals surface area contributed by atoms with Crippen LogP contribution in [0.5, 0.6) is 0 Å². The van der Waals surface area contributed by atoms with E-state index in [0.717, 1.165) is 5.56 Å². The second kappa shape index (κ2) is 5.93. The fourth-order valence-electron chi connectivity index (χ4n) is 1.78. The number of nitrogens with zero attached hydrogens (tertiary/aromatic N) is 2. The summed E-state index contributed by atoms with van der Waals surface area (Å²) in [4.78, 5) is 11.8. The summed E-state index contributed by atoms with van der Waals surface area (Å²) in [5.74, 6) is -0.387. The van der Waals surface area contributed by atoms with Crippen LogP contribution in [0.4, 0.5) is 10.1 Å². The molecule has 7 heteroatoms. The first-order valence-electron chi connectivity index (χ1n) is 5.83. The number of halogens is 3. The number of nitrogens with one attached hydrogen (secondary N) is 1. The lowest BCUT2D eigenvalue weighted by Gasteiger charge is -2.17. The first-order valence-corrected chi connectivity index (χ1v) is 7.00. The molecule has 1 N–H and O–H groups in total. The summed E-state index contributed by atoms with van der Waals surface area (Å²) in [5, 5.41) is 7.40. The molecule has 0 spiro atoms. The minimum Gasteiger partial charge on any atom is -0.376 e. The van der Waals surface area contributed by atoms with Crippen LogP contribution in [0.3, 0.4) is 0 Å². The maximum Gasteiger partial charge on any atom is 0.282 e. The van der Waals surface area contributed by atoms with Gasteiger partial charge >= 0.3 is 0 Å². The summed E-state index contributed by atoms with van der Waals surface area (Å²) in [6.45, 7) is 1.86. The van der Waals surface area contributed by atoms with Gasteiger partial charge < -0.3 is 5.32 Å². The molecule has 2 rings (SSSR count). The average Bonchev–Trinajstić information content (AvgIpc) is 2.39. The molecule has 1 aromatic heterocycles. The van der Waals surface area contributed by atoms with Crippen molar-refractivity contribution in [2.24, 2.45) is 7.05 Å². The highest BCUT2D eigenvalue weighted by Crippen LogP contribution is 2.28. The molecule has 0 bridgehead atoms. The minimum absolute atomic E-state index is 0.201. The fourth-order valence-corrected chi connectivity index (χ4v) is 2.58. The van der Waals surface area contributed by atoms with Crippen LogP contribution in [0, 0.1) is 5.82 Å². The molecule has 1 aromatic carbocycles. The van der Waals surface area contributed by atoms with E-state index in [1.54, 1.807) is 19.3 Å². The molecule has 1 atom stereocenters. The standard InChI is InChI=1S/C13H12BrClFN3O/c1-7(9-4-3-8(16)5-10(9)15)18-11-6-17-19(2)13(20)12(11)14/h3-7,18H,1-2H3. The van der Waals surface area contributed by atoms with E-state index in [-0.39, 0.29) is 17.4 Å². The summed E-state index contributed by atoms with van der Waals surface area (Å²) in [6, 6.07) is 4.01. The van der Waals surface area contributed by atoms with Crippen LogP contribution in [0.15, 0.2) is 33.7 Å². The normalized spacial score (nSPS) is 12.2. The lowest BCUT2D eigenvalue weighted by atomic mass is 10.1. The van der Waals surface area contributed by atoms with Gasteiger partial charge in [-0.3, -0.25) is 4.79 Å². The number of benzene rings is 1. The third kappa shape index (κ3) is 3.02. The quantitative estimate of drug-likeness (QED) is 0.911. The molecule has 106 valence electrons. The number of rotatable bonds is 3. The van der Waals surface area contributed by atoms with Crippen LogP contribution in [0.25, 0.3) is 0 Å². The van der Waals surface area contributed by atoms with Crippen molar-refractivity contribution < 1.29 is 4.39 Å². The topological polar surface area (TPSA) is 46.9 Å². The van der Waals surface area contributed by atoms with E-state index in [0.29, 0.717) is 15.2 Å². The maximum atomic E-state index is 13.0. The van der Waals surface area contributed by atoms with Gasteiger partial charge in [-0.15, -0.1) is 0 Å². The predicted octanol–water partition coefficient (Wildman–Crippen LogP) is 3.51. The van der Waals surface area contributed by atoms with Crippen molar-refractivity contribution in [3.8, 4) is 0 Å².